The van der Waals surface area contributed by atoms with Gasteiger partial charge in [0.15, 0.2) is 17.3 Å². The zero-order valence-electron chi connectivity index (χ0n) is 19.0. The zero-order chi connectivity index (χ0) is 24.5. The topological polar surface area (TPSA) is 143 Å². The average molecular weight is 482 g/mol. The van der Waals surface area contributed by atoms with E-state index in [2.05, 4.69) is 20.3 Å². The van der Waals surface area contributed by atoms with Crippen LogP contribution in [0, 0.1) is 0 Å². The number of amides is 1. The predicted molar refractivity (Wildman–Crippen MR) is 133 cm³/mol. The van der Waals surface area contributed by atoms with Crippen LogP contribution in [0.4, 0.5) is 5.82 Å². The van der Waals surface area contributed by atoms with Crippen molar-refractivity contribution >= 4 is 33.3 Å². The molecule has 1 amide bonds. The molecule has 0 fully saturated rings. The molecule has 4 rings (SSSR count). The van der Waals surface area contributed by atoms with Gasteiger partial charge in [0, 0.05) is 31.3 Å². The first-order valence-corrected chi connectivity index (χ1v) is 11.6. The molecule has 0 spiro atoms. The molecule has 9 nitrogen and oxygen atoms in total. The number of rotatable bonds is 7. The first kappa shape index (κ1) is 24.9. The van der Waals surface area contributed by atoms with Crippen molar-refractivity contribution in [3.63, 3.8) is 0 Å². The Morgan fingerprint density at radius 3 is 2.56 bits per heavy atom. The van der Waals surface area contributed by atoms with Crippen molar-refractivity contribution in [1.29, 1.82) is 0 Å². The van der Waals surface area contributed by atoms with Gasteiger partial charge >= 0.3 is 0 Å². The molecule has 5 N–H and O–H groups in total. The fraction of sp³-hybridized carbons (Fsp3) is 0.250. The van der Waals surface area contributed by atoms with Crippen LogP contribution in [-0.2, 0) is 11.2 Å². The second kappa shape index (κ2) is 11.9. The molecule has 34 heavy (non-hydrogen) atoms. The van der Waals surface area contributed by atoms with Crippen molar-refractivity contribution in [3.05, 3.63) is 59.1 Å². The van der Waals surface area contributed by atoms with Crippen molar-refractivity contribution in [3.8, 4) is 23.0 Å². The average Bonchev–Trinajstić information content (AvgIpc) is 3.28. The molecular weight excluding hydrogens is 454 g/mol. The number of carbonyl (C=O) groups excluding carboxylic acids is 1. The lowest BCUT2D eigenvalue weighted by Crippen LogP contribution is -2.25. The number of benzene rings is 1. The van der Waals surface area contributed by atoms with Gasteiger partial charge in [-0.3, -0.25) is 9.78 Å². The number of phenolic OH excluding ortho intramolecular Hbond substituents is 2. The number of hydrogen-bond acceptors (Lipinski definition) is 9. The Kier molecular flexibility index (Phi) is 8.72. The van der Waals surface area contributed by atoms with E-state index in [4.69, 9.17) is 10.5 Å². The highest BCUT2D eigenvalue weighted by molar-refractivity contribution is 7.17. The number of hydrogen-bond donors (Lipinski definition) is 4. The molecule has 0 aliphatic heterocycles. The third kappa shape index (κ3) is 6.18. The van der Waals surface area contributed by atoms with E-state index < -0.39 is 0 Å². The molecule has 1 aromatic carbocycles. The van der Waals surface area contributed by atoms with Gasteiger partial charge in [0.2, 0.25) is 0 Å². The summed E-state index contributed by atoms with van der Waals surface area (Å²) in [7, 11) is 0. The number of ether oxygens (including phenoxy) is 1. The number of nitrogen functional groups attached to an aromatic ring is 1. The summed E-state index contributed by atoms with van der Waals surface area (Å²) in [5, 5.41) is 24.0. The molecule has 0 saturated carbocycles. The number of fused-ring (bicyclic) bond motifs is 1. The fourth-order valence-electron chi connectivity index (χ4n) is 3.09. The van der Waals surface area contributed by atoms with Crippen LogP contribution in [0.1, 0.15) is 29.8 Å². The maximum Gasteiger partial charge on any atom is 0.252 e. The standard InChI is InChI=1S/C20H17N5O3S.C4H10O/c21-17-16-12(19(28)23-8-6-11-4-5-14(26)15(27)9-11)10-29-20(16)25-18(24-17)13-3-1-2-7-22-13;1-3-5-4-2/h1-5,7,9-10,26-27H,6,8H2,(H,23,28)(H2,21,24,25);3-4H2,1-2H3. The smallest absolute Gasteiger partial charge is 0.252 e. The molecule has 178 valence electrons. The molecule has 3 heterocycles. The summed E-state index contributed by atoms with van der Waals surface area (Å²) in [4.78, 5) is 26.3. The molecular formula is C24H27N5O4S. The Labute approximate surface area is 201 Å². The number of phenols is 2. The van der Waals surface area contributed by atoms with E-state index in [1.165, 1.54) is 23.5 Å². The van der Waals surface area contributed by atoms with E-state index in [1.54, 1.807) is 29.8 Å². The minimum absolute atomic E-state index is 0.178. The van der Waals surface area contributed by atoms with Crippen LogP contribution in [0.15, 0.2) is 48.0 Å². The van der Waals surface area contributed by atoms with Crippen LogP contribution in [-0.4, -0.2) is 50.8 Å². The third-order valence-corrected chi connectivity index (χ3v) is 5.62. The van der Waals surface area contributed by atoms with Gasteiger partial charge in [0.25, 0.3) is 5.91 Å². The summed E-state index contributed by atoms with van der Waals surface area (Å²) in [6.45, 7) is 6.02. The van der Waals surface area contributed by atoms with E-state index >= 15 is 0 Å². The van der Waals surface area contributed by atoms with Gasteiger partial charge in [0.05, 0.1) is 10.9 Å². The van der Waals surface area contributed by atoms with Gasteiger partial charge in [-0.05, 0) is 50.1 Å². The highest BCUT2D eigenvalue weighted by Gasteiger charge is 2.18. The number of pyridine rings is 1. The SMILES string of the molecule is CCOCC.Nc1nc(-c2ccccn2)nc2scc(C(=O)NCCc3ccc(O)c(O)c3)c12. The molecule has 0 radical (unpaired) electrons. The number of aromatic nitrogens is 3. The van der Waals surface area contributed by atoms with Crippen LogP contribution in [0.5, 0.6) is 11.5 Å². The second-order valence-corrected chi connectivity index (χ2v) is 7.95. The van der Waals surface area contributed by atoms with Gasteiger partial charge in [-0.2, -0.15) is 0 Å². The highest BCUT2D eigenvalue weighted by atomic mass is 32.1. The van der Waals surface area contributed by atoms with E-state index in [0.29, 0.717) is 40.3 Å². The number of carbonyl (C=O) groups is 1. The molecule has 10 heteroatoms. The normalized spacial score (nSPS) is 10.5. The van der Waals surface area contributed by atoms with Crippen molar-refractivity contribution in [2.45, 2.75) is 20.3 Å². The number of thiophene rings is 1. The van der Waals surface area contributed by atoms with Crippen molar-refractivity contribution < 1.29 is 19.7 Å². The lowest BCUT2D eigenvalue weighted by atomic mass is 10.1. The van der Waals surface area contributed by atoms with Crippen LogP contribution in [0.3, 0.4) is 0 Å². The number of anilines is 1. The number of nitrogens with one attached hydrogen (secondary N) is 1. The first-order chi connectivity index (χ1) is 16.4. The second-order valence-electron chi connectivity index (χ2n) is 7.09. The summed E-state index contributed by atoms with van der Waals surface area (Å²) in [6.07, 6.45) is 2.15. The van der Waals surface area contributed by atoms with Gasteiger partial charge in [-0.1, -0.05) is 12.1 Å². The monoisotopic (exact) mass is 481 g/mol. The first-order valence-electron chi connectivity index (χ1n) is 10.8. The van der Waals surface area contributed by atoms with Crippen LogP contribution in [0.2, 0.25) is 0 Å². The minimum atomic E-state index is -0.278. The number of nitrogens with zero attached hydrogens (tertiary/aromatic N) is 3. The summed E-state index contributed by atoms with van der Waals surface area (Å²) in [5.41, 5.74) is 7.94. The summed E-state index contributed by atoms with van der Waals surface area (Å²) in [5.74, 6) is -0.00319. The molecule has 4 aromatic rings. The Hall–Kier alpha value is -3.76. The summed E-state index contributed by atoms with van der Waals surface area (Å²) >= 11 is 1.32. The van der Waals surface area contributed by atoms with Crippen LogP contribution in [0.25, 0.3) is 21.7 Å². The maximum atomic E-state index is 12.6. The Balaban J connectivity index is 0.000000588. The van der Waals surface area contributed by atoms with E-state index in [1.807, 2.05) is 19.9 Å². The fourth-order valence-corrected chi connectivity index (χ4v) is 4.02. The molecule has 0 unspecified atom stereocenters. The summed E-state index contributed by atoms with van der Waals surface area (Å²) in [6, 6.07) is 10.0. The lowest BCUT2D eigenvalue weighted by Gasteiger charge is -2.07. The largest absolute Gasteiger partial charge is 0.504 e. The Morgan fingerprint density at radius 2 is 1.91 bits per heavy atom. The molecule has 0 aliphatic rings. The van der Waals surface area contributed by atoms with Crippen molar-refractivity contribution in [1.82, 2.24) is 20.3 Å². The van der Waals surface area contributed by atoms with Gasteiger partial charge < -0.3 is 26.0 Å². The number of aromatic hydroxyl groups is 2. The van der Waals surface area contributed by atoms with E-state index in [9.17, 15) is 15.0 Å². The third-order valence-electron chi connectivity index (χ3n) is 4.75. The summed E-state index contributed by atoms with van der Waals surface area (Å²) < 4.78 is 4.83. The molecule has 0 bridgehead atoms. The molecule has 0 saturated heterocycles. The Morgan fingerprint density at radius 1 is 1.12 bits per heavy atom. The van der Waals surface area contributed by atoms with E-state index in [-0.39, 0.29) is 23.2 Å². The molecule has 3 aromatic heterocycles. The minimum Gasteiger partial charge on any atom is -0.504 e. The molecule has 0 aliphatic carbocycles. The predicted octanol–water partition coefficient (Wildman–Crippen LogP) is 3.76. The van der Waals surface area contributed by atoms with Crippen LogP contribution >= 0.6 is 11.3 Å². The zero-order valence-corrected chi connectivity index (χ0v) is 19.8. The van der Waals surface area contributed by atoms with Gasteiger partial charge in [0.1, 0.15) is 16.3 Å². The van der Waals surface area contributed by atoms with Crippen molar-refractivity contribution in [2.75, 3.05) is 25.5 Å². The molecule has 0 atom stereocenters. The number of nitrogens with two attached hydrogens (primary N) is 1. The van der Waals surface area contributed by atoms with Gasteiger partial charge in [-0.25, -0.2) is 9.97 Å². The van der Waals surface area contributed by atoms with Crippen LogP contribution < -0.4 is 11.1 Å². The van der Waals surface area contributed by atoms with Crippen molar-refractivity contribution in [2.24, 2.45) is 0 Å². The maximum absolute atomic E-state index is 12.6. The highest BCUT2D eigenvalue weighted by Crippen LogP contribution is 2.30. The Bertz CT molecular complexity index is 1250. The van der Waals surface area contributed by atoms with E-state index in [0.717, 1.165) is 18.8 Å². The van der Waals surface area contributed by atoms with Gasteiger partial charge in [-0.15, -0.1) is 11.3 Å². The lowest BCUT2D eigenvalue weighted by molar-refractivity contribution is 0.0956. The quantitative estimate of drug-likeness (QED) is 0.292.